The minimum Gasteiger partial charge on any atom is -0.475 e. The van der Waals surface area contributed by atoms with Gasteiger partial charge in [-0.15, -0.1) is 0 Å². The van der Waals surface area contributed by atoms with Gasteiger partial charge in [-0.2, -0.15) is 13.2 Å². The van der Waals surface area contributed by atoms with Crippen LogP contribution in [0.25, 0.3) is 11.4 Å². The van der Waals surface area contributed by atoms with E-state index in [0.717, 1.165) is 6.20 Å². The molecule has 33 heavy (non-hydrogen) atoms. The summed E-state index contributed by atoms with van der Waals surface area (Å²) < 4.78 is 39.9. The molecule has 0 saturated carbocycles. The van der Waals surface area contributed by atoms with Gasteiger partial charge in [0.2, 0.25) is 16.9 Å². The van der Waals surface area contributed by atoms with Crippen LogP contribution in [-0.4, -0.2) is 46.6 Å². The summed E-state index contributed by atoms with van der Waals surface area (Å²) in [5.74, 6) is -2.72. The number of nitrogens with one attached hydrogen (secondary N) is 1. The molecular weight excluding hydrogens is 486 g/mol. The lowest BCUT2D eigenvalue weighted by Gasteiger charge is -2.18. The van der Waals surface area contributed by atoms with Crippen LogP contribution in [-0.2, 0) is 25.7 Å². The van der Waals surface area contributed by atoms with Gasteiger partial charge in [0.15, 0.2) is 0 Å². The van der Waals surface area contributed by atoms with Gasteiger partial charge < -0.3 is 15.0 Å². The largest absolute Gasteiger partial charge is 0.475 e. The van der Waals surface area contributed by atoms with Gasteiger partial charge in [0.1, 0.15) is 11.4 Å². The molecule has 0 aliphatic rings. The van der Waals surface area contributed by atoms with Crippen molar-refractivity contribution in [3.8, 4) is 11.4 Å². The fourth-order valence-electron chi connectivity index (χ4n) is 3.15. The molecular formula is C19H18Cl2F3N7O2. The van der Waals surface area contributed by atoms with Crippen LogP contribution in [0.1, 0.15) is 41.7 Å². The van der Waals surface area contributed by atoms with Crippen molar-refractivity contribution in [3.63, 3.8) is 0 Å². The van der Waals surface area contributed by atoms with Crippen molar-refractivity contribution in [2.75, 3.05) is 0 Å². The molecule has 3 rings (SSSR count). The highest BCUT2D eigenvalue weighted by atomic mass is 35.5. The van der Waals surface area contributed by atoms with Crippen LogP contribution in [0.15, 0.2) is 18.5 Å². The first-order valence-electron chi connectivity index (χ1n) is 9.64. The minimum absolute atomic E-state index is 0.0194. The number of aromatic carboxylic acids is 1. The lowest BCUT2D eigenvalue weighted by atomic mass is 10.2. The van der Waals surface area contributed by atoms with Gasteiger partial charge in [-0.1, -0.05) is 18.5 Å². The molecule has 0 aliphatic heterocycles. The van der Waals surface area contributed by atoms with E-state index < -0.39 is 18.0 Å². The molecule has 1 unspecified atom stereocenters. The van der Waals surface area contributed by atoms with Crippen LogP contribution in [0.3, 0.4) is 0 Å². The molecule has 9 nitrogen and oxygen atoms in total. The zero-order valence-corrected chi connectivity index (χ0v) is 18.9. The SMILES string of the molecule is CCc1c(-c2nc(Cl)ncc2Cl)nc(C(=O)O)n1CC(C)NCc1ccnc(C(F)(F)F)n1. The molecule has 0 fully saturated rings. The van der Waals surface area contributed by atoms with E-state index in [2.05, 4.69) is 30.2 Å². The Bertz CT molecular complexity index is 1170. The number of carboxylic acids is 1. The summed E-state index contributed by atoms with van der Waals surface area (Å²) in [5, 5.41) is 12.8. The summed E-state index contributed by atoms with van der Waals surface area (Å²) >= 11 is 12.1. The Morgan fingerprint density at radius 1 is 1.21 bits per heavy atom. The Morgan fingerprint density at radius 2 is 1.94 bits per heavy atom. The molecule has 0 spiro atoms. The van der Waals surface area contributed by atoms with E-state index in [0.29, 0.717) is 12.1 Å². The number of alkyl halides is 3. The van der Waals surface area contributed by atoms with Crippen molar-refractivity contribution in [2.45, 2.75) is 45.6 Å². The standard InChI is InChI=1S/C19H18Cl2F3N7O2/c1-3-12-14(13-11(20)7-27-18(21)30-13)29-15(16(32)33)31(12)8-9(2)26-6-10-4-5-25-17(28-10)19(22,23)24/h4-5,7,9,26H,3,6,8H2,1-2H3,(H,32,33). The maximum atomic E-state index is 12.8. The van der Waals surface area contributed by atoms with Crippen LogP contribution < -0.4 is 5.32 Å². The van der Waals surface area contributed by atoms with Crippen LogP contribution in [0, 0.1) is 0 Å². The number of rotatable bonds is 8. The average Bonchev–Trinajstić information content (AvgIpc) is 3.11. The zero-order valence-electron chi connectivity index (χ0n) is 17.4. The van der Waals surface area contributed by atoms with Crippen LogP contribution in [0.5, 0.6) is 0 Å². The minimum atomic E-state index is -4.65. The number of aromatic nitrogens is 6. The molecule has 0 bridgehead atoms. The van der Waals surface area contributed by atoms with Crippen LogP contribution >= 0.6 is 23.2 Å². The number of nitrogens with zero attached hydrogens (tertiary/aromatic N) is 6. The van der Waals surface area contributed by atoms with E-state index in [1.165, 1.54) is 16.8 Å². The molecule has 0 aromatic carbocycles. The van der Waals surface area contributed by atoms with Gasteiger partial charge in [0, 0.05) is 31.0 Å². The monoisotopic (exact) mass is 503 g/mol. The highest BCUT2D eigenvalue weighted by Crippen LogP contribution is 2.30. The quantitative estimate of drug-likeness (QED) is 0.444. The first-order chi connectivity index (χ1) is 15.5. The van der Waals surface area contributed by atoms with Crippen molar-refractivity contribution < 1.29 is 23.1 Å². The number of carbonyl (C=O) groups is 1. The average molecular weight is 504 g/mol. The number of hydrogen-bond acceptors (Lipinski definition) is 7. The highest BCUT2D eigenvalue weighted by Gasteiger charge is 2.34. The predicted molar refractivity (Wildman–Crippen MR) is 113 cm³/mol. The van der Waals surface area contributed by atoms with Crippen molar-refractivity contribution >= 4 is 29.2 Å². The van der Waals surface area contributed by atoms with E-state index in [1.807, 2.05) is 6.92 Å². The third kappa shape index (κ3) is 5.75. The number of halogens is 5. The van der Waals surface area contributed by atoms with E-state index in [9.17, 15) is 23.1 Å². The summed E-state index contributed by atoms with van der Waals surface area (Å²) in [6.07, 6.45) is -1.91. The summed E-state index contributed by atoms with van der Waals surface area (Å²) in [4.78, 5) is 30.7. The number of carboxylic acid groups (broad SMARTS) is 1. The second kappa shape index (κ2) is 9.98. The van der Waals surface area contributed by atoms with E-state index >= 15 is 0 Å². The first kappa shape index (κ1) is 24.8. The third-order valence-corrected chi connectivity index (χ3v) is 5.05. The summed E-state index contributed by atoms with van der Waals surface area (Å²) in [7, 11) is 0. The molecule has 3 heterocycles. The fraction of sp³-hybridized carbons (Fsp3) is 0.368. The second-order valence-corrected chi connectivity index (χ2v) is 7.73. The highest BCUT2D eigenvalue weighted by molar-refractivity contribution is 6.33. The van der Waals surface area contributed by atoms with Gasteiger partial charge in [0.05, 0.1) is 16.9 Å². The first-order valence-corrected chi connectivity index (χ1v) is 10.4. The molecule has 3 aromatic heterocycles. The van der Waals surface area contributed by atoms with Crippen LogP contribution in [0.4, 0.5) is 13.2 Å². The van der Waals surface area contributed by atoms with Gasteiger partial charge in [-0.3, -0.25) is 0 Å². The lowest BCUT2D eigenvalue weighted by Crippen LogP contribution is -2.32. The summed E-state index contributed by atoms with van der Waals surface area (Å²) in [6.45, 7) is 3.75. The van der Waals surface area contributed by atoms with E-state index in [4.69, 9.17) is 23.2 Å². The Hall–Kier alpha value is -2.83. The zero-order chi connectivity index (χ0) is 24.3. The number of imidazole rings is 1. The summed E-state index contributed by atoms with van der Waals surface area (Å²) in [5.41, 5.74) is 1.17. The Labute approximate surface area is 196 Å². The Morgan fingerprint density at radius 3 is 2.58 bits per heavy atom. The van der Waals surface area contributed by atoms with Crippen molar-refractivity contribution in [1.82, 2.24) is 34.8 Å². The smallest absolute Gasteiger partial charge is 0.451 e. The third-order valence-electron chi connectivity index (χ3n) is 4.59. The molecule has 0 radical (unpaired) electrons. The molecule has 0 amide bonds. The van der Waals surface area contributed by atoms with Crippen molar-refractivity contribution in [1.29, 1.82) is 0 Å². The van der Waals surface area contributed by atoms with Gasteiger partial charge in [0.25, 0.3) is 0 Å². The number of hydrogen-bond donors (Lipinski definition) is 2. The van der Waals surface area contributed by atoms with Crippen LogP contribution in [0.2, 0.25) is 10.3 Å². The molecule has 3 aromatic rings. The Balaban J connectivity index is 1.86. The summed E-state index contributed by atoms with van der Waals surface area (Å²) in [6, 6.07) is 1.01. The van der Waals surface area contributed by atoms with E-state index in [-0.39, 0.29) is 52.3 Å². The van der Waals surface area contributed by atoms with E-state index in [1.54, 1.807) is 6.92 Å². The second-order valence-electron chi connectivity index (χ2n) is 6.99. The lowest BCUT2D eigenvalue weighted by molar-refractivity contribution is -0.145. The maximum absolute atomic E-state index is 12.8. The molecule has 14 heteroatoms. The maximum Gasteiger partial charge on any atom is 0.451 e. The molecule has 2 N–H and O–H groups in total. The van der Waals surface area contributed by atoms with Gasteiger partial charge in [-0.25, -0.2) is 29.7 Å². The predicted octanol–water partition coefficient (Wildman–Crippen LogP) is 3.89. The normalized spacial score (nSPS) is 12.7. The van der Waals surface area contributed by atoms with Gasteiger partial charge >= 0.3 is 12.1 Å². The Kier molecular flexibility index (Phi) is 7.50. The van der Waals surface area contributed by atoms with Crippen molar-refractivity contribution in [2.24, 2.45) is 0 Å². The topological polar surface area (TPSA) is 119 Å². The molecule has 1 atom stereocenters. The van der Waals surface area contributed by atoms with Crippen molar-refractivity contribution in [3.05, 3.63) is 51.8 Å². The molecule has 176 valence electrons. The van der Waals surface area contributed by atoms with Gasteiger partial charge in [-0.05, 0) is 31.0 Å². The molecule has 0 aliphatic carbocycles. The molecule has 0 saturated heterocycles. The fourth-order valence-corrected chi connectivity index (χ4v) is 3.47.